The van der Waals surface area contributed by atoms with Gasteiger partial charge in [-0.3, -0.25) is 4.79 Å². The van der Waals surface area contributed by atoms with Crippen molar-refractivity contribution in [1.29, 1.82) is 0 Å². The Balaban J connectivity index is 1.65. The number of likely N-dealkylation sites (tertiary alicyclic amines) is 1. The number of piperidine rings is 1. The van der Waals surface area contributed by atoms with E-state index in [1.54, 1.807) is 23.1 Å². The predicted octanol–water partition coefficient (Wildman–Crippen LogP) is 2.66. The number of nitrogens with zero attached hydrogens (tertiary/aromatic N) is 3. The van der Waals surface area contributed by atoms with Gasteiger partial charge in [0.2, 0.25) is 0 Å². The molecule has 0 N–H and O–H groups in total. The molecule has 0 bridgehead atoms. The van der Waals surface area contributed by atoms with Crippen LogP contribution in [0.3, 0.4) is 0 Å². The first-order valence-corrected chi connectivity index (χ1v) is 8.64. The molecule has 0 saturated carbocycles. The highest BCUT2D eigenvalue weighted by atomic mass is 16.5. The van der Waals surface area contributed by atoms with Crippen LogP contribution in [0.25, 0.3) is 11.0 Å². The number of hydrogen-bond donors (Lipinski definition) is 0. The highest BCUT2D eigenvalue weighted by Crippen LogP contribution is 2.17. The van der Waals surface area contributed by atoms with E-state index in [-0.39, 0.29) is 12.5 Å². The second kappa shape index (κ2) is 7.17. The molecule has 1 amide bonds. The van der Waals surface area contributed by atoms with Crippen LogP contribution in [0.15, 0.2) is 18.2 Å². The highest BCUT2D eigenvalue weighted by Gasteiger charge is 2.22. The first-order valence-electron chi connectivity index (χ1n) is 8.64. The van der Waals surface area contributed by atoms with Gasteiger partial charge in [0.1, 0.15) is 0 Å². The Labute approximate surface area is 147 Å². The molecule has 1 aromatic heterocycles. The van der Waals surface area contributed by atoms with Crippen molar-refractivity contribution in [2.24, 2.45) is 5.92 Å². The van der Waals surface area contributed by atoms with Gasteiger partial charge < -0.3 is 9.64 Å². The summed E-state index contributed by atoms with van der Waals surface area (Å²) in [6, 6.07) is 5.06. The maximum absolute atomic E-state index is 12.3. The second-order valence-electron chi connectivity index (χ2n) is 6.76. The molecule has 1 atom stereocenters. The summed E-state index contributed by atoms with van der Waals surface area (Å²) in [6.45, 7) is 7.17. The molecule has 6 heteroatoms. The lowest BCUT2D eigenvalue weighted by Gasteiger charge is -2.30. The lowest BCUT2D eigenvalue weighted by molar-refractivity contribution is -0.136. The fourth-order valence-corrected chi connectivity index (χ4v) is 3.08. The van der Waals surface area contributed by atoms with E-state index >= 15 is 0 Å². The molecule has 3 rings (SSSR count). The molecule has 2 heterocycles. The molecule has 1 aliphatic heterocycles. The summed E-state index contributed by atoms with van der Waals surface area (Å²) < 4.78 is 5.20. The van der Waals surface area contributed by atoms with Crippen LogP contribution in [0.2, 0.25) is 0 Å². The monoisotopic (exact) mass is 341 g/mol. The molecule has 25 heavy (non-hydrogen) atoms. The normalized spacial score (nSPS) is 17.6. The molecule has 1 fully saturated rings. The van der Waals surface area contributed by atoms with Gasteiger partial charge in [0.25, 0.3) is 5.91 Å². The van der Waals surface area contributed by atoms with Gasteiger partial charge in [-0.25, -0.2) is 14.8 Å². The van der Waals surface area contributed by atoms with Crippen molar-refractivity contribution >= 4 is 22.9 Å². The van der Waals surface area contributed by atoms with E-state index in [1.807, 2.05) is 13.8 Å². The van der Waals surface area contributed by atoms with Crippen LogP contribution in [-0.2, 0) is 9.53 Å². The maximum atomic E-state index is 12.3. The van der Waals surface area contributed by atoms with Crippen molar-refractivity contribution in [3.63, 3.8) is 0 Å². The van der Waals surface area contributed by atoms with Crippen molar-refractivity contribution < 1.29 is 14.3 Å². The Bertz CT molecular complexity index is 819. The Hall–Kier alpha value is -2.50. The van der Waals surface area contributed by atoms with Crippen LogP contribution in [0.4, 0.5) is 0 Å². The Kier molecular flexibility index (Phi) is 4.97. The molecular weight excluding hydrogens is 318 g/mol. The zero-order valence-corrected chi connectivity index (χ0v) is 14.9. The average molecular weight is 341 g/mol. The molecule has 0 spiro atoms. The van der Waals surface area contributed by atoms with Gasteiger partial charge in [-0.1, -0.05) is 6.92 Å². The molecule has 0 radical (unpaired) electrons. The van der Waals surface area contributed by atoms with Crippen LogP contribution in [0.5, 0.6) is 0 Å². The fraction of sp³-hybridized carbons (Fsp3) is 0.474. The summed E-state index contributed by atoms with van der Waals surface area (Å²) in [7, 11) is 0. The number of ether oxygens (including phenoxy) is 1. The predicted molar refractivity (Wildman–Crippen MR) is 94.3 cm³/mol. The number of amides is 1. The van der Waals surface area contributed by atoms with Gasteiger partial charge >= 0.3 is 5.97 Å². The van der Waals surface area contributed by atoms with Gasteiger partial charge in [-0.05, 0) is 50.8 Å². The van der Waals surface area contributed by atoms with Gasteiger partial charge in [-0.15, -0.1) is 0 Å². The van der Waals surface area contributed by atoms with E-state index in [0.29, 0.717) is 17.0 Å². The van der Waals surface area contributed by atoms with Crippen LogP contribution < -0.4 is 0 Å². The number of benzene rings is 1. The smallest absolute Gasteiger partial charge is 0.338 e. The highest BCUT2D eigenvalue weighted by molar-refractivity contribution is 5.94. The minimum absolute atomic E-state index is 0.132. The van der Waals surface area contributed by atoms with E-state index in [9.17, 15) is 9.59 Å². The number of carbonyl (C=O) groups is 2. The lowest BCUT2D eigenvalue weighted by Crippen LogP contribution is -2.41. The minimum Gasteiger partial charge on any atom is -0.452 e. The molecule has 1 aliphatic rings. The summed E-state index contributed by atoms with van der Waals surface area (Å²) in [6.07, 6.45) is 2.14. The first kappa shape index (κ1) is 17.3. The van der Waals surface area contributed by atoms with Crippen molar-refractivity contribution in [2.45, 2.75) is 33.6 Å². The number of esters is 1. The van der Waals surface area contributed by atoms with Crippen LogP contribution in [-0.4, -0.2) is 46.4 Å². The summed E-state index contributed by atoms with van der Waals surface area (Å²) in [5.74, 6) is -0.147. The van der Waals surface area contributed by atoms with E-state index in [1.165, 1.54) is 0 Å². The summed E-state index contributed by atoms with van der Waals surface area (Å²) in [5.41, 5.74) is 3.45. The zero-order valence-electron chi connectivity index (χ0n) is 14.9. The SMILES string of the molecule is Cc1nc2ccc(C(=O)OCC(=O)N3CCCC(C)C3)cc2nc1C. The molecule has 6 nitrogen and oxygen atoms in total. The topological polar surface area (TPSA) is 72.4 Å². The number of carbonyl (C=O) groups excluding carboxylic acids is 2. The number of fused-ring (bicyclic) bond motifs is 1. The second-order valence-corrected chi connectivity index (χ2v) is 6.76. The number of aromatic nitrogens is 2. The third-order valence-electron chi connectivity index (χ3n) is 4.65. The van der Waals surface area contributed by atoms with E-state index in [4.69, 9.17) is 4.74 Å². The van der Waals surface area contributed by atoms with Gasteiger partial charge in [0.15, 0.2) is 6.61 Å². The molecule has 0 aliphatic carbocycles. The third kappa shape index (κ3) is 3.95. The molecule has 1 aromatic carbocycles. The van der Waals surface area contributed by atoms with Gasteiger partial charge in [0.05, 0.1) is 28.0 Å². The zero-order chi connectivity index (χ0) is 18.0. The van der Waals surface area contributed by atoms with Crippen molar-refractivity contribution in [1.82, 2.24) is 14.9 Å². The Morgan fingerprint density at radius 1 is 1.20 bits per heavy atom. The number of aryl methyl sites for hydroxylation is 2. The molecular formula is C19H23N3O3. The van der Waals surface area contributed by atoms with Crippen molar-refractivity contribution in [3.8, 4) is 0 Å². The Morgan fingerprint density at radius 2 is 1.92 bits per heavy atom. The summed E-state index contributed by atoms with van der Waals surface area (Å²) in [4.78, 5) is 35.1. The van der Waals surface area contributed by atoms with E-state index in [0.717, 1.165) is 42.8 Å². The minimum atomic E-state index is -0.514. The number of rotatable bonds is 3. The number of hydrogen-bond acceptors (Lipinski definition) is 5. The quantitative estimate of drug-likeness (QED) is 0.803. The molecule has 1 saturated heterocycles. The summed E-state index contributed by atoms with van der Waals surface area (Å²) in [5, 5.41) is 0. The van der Waals surface area contributed by atoms with Crippen molar-refractivity contribution in [2.75, 3.05) is 19.7 Å². The van der Waals surface area contributed by atoms with Crippen molar-refractivity contribution in [3.05, 3.63) is 35.2 Å². The maximum Gasteiger partial charge on any atom is 0.338 e. The lowest BCUT2D eigenvalue weighted by atomic mass is 10.0. The summed E-state index contributed by atoms with van der Waals surface area (Å²) >= 11 is 0. The average Bonchev–Trinajstić information content (AvgIpc) is 2.60. The third-order valence-corrected chi connectivity index (χ3v) is 4.65. The Morgan fingerprint density at radius 3 is 2.64 bits per heavy atom. The van der Waals surface area contributed by atoms with E-state index in [2.05, 4.69) is 16.9 Å². The van der Waals surface area contributed by atoms with Crippen LogP contribution >= 0.6 is 0 Å². The van der Waals surface area contributed by atoms with E-state index < -0.39 is 5.97 Å². The van der Waals surface area contributed by atoms with Crippen LogP contribution in [0, 0.1) is 19.8 Å². The molecule has 2 aromatic rings. The largest absolute Gasteiger partial charge is 0.452 e. The standard InChI is InChI=1S/C19H23N3O3/c1-12-5-4-8-22(10-12)18(23)11-25-19(24)15-6-7-16-17(9-15)21-14(3)13(2)20-16/h6-7,9,12H,4-5,8,10-11H2,1-3H3. The molecule has 1 unspecified atom stereocenters. The van der Waals surface area contributed by atoms with Gasteiger partial charge in [0, 0.05) is 13.1 Å². The fourth-order valence-electron chi connectivity index (χ4n) is 3.08. The molecule has 132 valence electrons. The first-order chi connectivity index (χ1) is 11.9. The van der Waals surface area contributed by atoms with Crippen LogP contribution in [0.1, 0.15) is 41.5 Å². The van der Waals surface area contributed by atoms with Gasteiger partial charge in [-0.2, -0.15) is 0 Å².